The Labute approximate surface area is 171 Å². The fraction of sp³-hybridized carbons (Fsp3) is 0.409. The van der Waals surface area contributed by atoms with Crippen LogP contribution in [0.15, 0.2) is 60.7 Å². The van der Waals surface area contributed by atoms with Crippen LogP contribution in [0.1, 0.15) is 24.8 Å². The van der Waals surface area contributed by atoms with Crippen molar-refractivity contribution in [2.45, 2.75) is 44.1 Å². The van der Waals surface area contributed by atoms with Gasteiger partial charge in [-0.15, -0.1) is 0 Å². The van der Waals surface area contributed by atoms with Crippen LogP contribution in [-0.2, 0) is 29.8 Å². The molecule has 0 aromatic heterocycles. The van der Waals surface area contributed by atoms with Crippen molar-refractivity contribution in [1.82, 2.24) is 5.32 Å². The summed E-state index contributed by atoms with van der Waals surface area (Å²) in [5, 5.41) is 3.95. The molecule has 0 aliphatic carbocycles. The Balaban J connectivity index is 1.60. The Bertz CT molecular complexity index is 875. The smallest absolute Gasteiger partial charge is 0.361 e. The molecule has 2 aromatic carbocycles. The molecular formula is C22H26NO5P. The summed E-state index contributed by atoms with van der Waals surface area (Å²) in [6, 6.07) is 18.7. The number of hydrogen-bond donors (Lipinski definition) is 1. The van der Waals surface area contributed by atoms with Gasteiger partial charge in [0.2, 0.25) is 0 Å². The maximum atomic E-state index is 13.9. The monoisotopic (exact) mass is 415 g/mol. The van der Waals surface area contributed by atoms with Gasteiger partial charge in [-0.2, -0.15) is 0 Å². The fourth-order valence-corrected chi connectivity index (χ4v) is 6.02. The molecule has 2 bridgehead atoms. The van der Waals surface area contributed by atoms with Crippen molar-refractivity contribution in [2.24, 2.45) is 5.92 Å². The normalized spacial score (nSPS) is 27.9. The van der Waals surface area contributed by atoms with Crippen molar-refractivity contribution in [2.75, 3.05) is 7.11 Å². The number of ether oxygens (including phenoxy) is 1. The molecule has 2 saturated heterocycles. The van der Waals surface area contributed by atoms with E-state index in [1.165, 1.54) is 7.11 Å². The second-order valence-electron chi connectivity index (χ2n) is 7.57. The van der Waals surface area contributed by atoms with E-state index in [9.17, 15) is 9.36 Å². The number of carbonyl (C=O) groups is 1. The molecular weight excluding hydrogens is 389 g/mol. The third-order valence-corrected chi connectivity index (χ3v) is 7.64. The van der Waals surface area contributed by atoms with Crippen LogP contribution in [-0.4, -0.2) is 31.3 Å². The molecule has 7 heteroatoms. The van der Waals surface area contributed by atoms with Gasteiger partial charge in [0.05, 0.1) is 31.0 Å². The molecule has 0 spiro atoms. The van der Waals surface area contributed by atoms with Crippen molar-refractivity contribution >= 4 is 18.9 Å². The van der Waals surface area contributed by atoms with Crippen LogP contribution in [0.25, 0.3) is 0 Å². The Kier molecular flexibility index (Phi) is 6.16. The summed E-state index contributed by atoms with van der Waals surface area (Å²) in [6.07, 6.45) is 1.92. The van der Waals surface area contributed by atoms with E-state index in [4.69, 9.17) is 13.8 Å². The highest BCUT2D eigenvalue weighted by molar-refractivity contribution is 7.62. The maximum absolute atomic E-state index is 13.9. The number of fused-ring (bicyclic) bond motifs is 2. The Morgan fingerprint density at radius 1 is 1.07 bits per heavy atom. The van der Waals surface area contributed by atoms with Gasteiger partial charge in [0.25, 0.3) is 0 Å². The lowest BCUT2D eigenvalue weighted by molar-refractivity contribution is -0.151. The minimum absolute atomic E-state index is 0.0236. The van der Waals surface area contributed by atoms with E-state index in [1.54, 1.807) is 24.3 Å². The third kappa shape index (κ3) is 4.46. The Morgan fingerprint density at radius 3 is 2.45 bits per heavy atom. The molecule has 1 N–H and O–H groups in total. The molecule has 4 rings (SSSR count). The topological polar surface area (TPSA) is 73.9 Å². The highest BCUT2D eigenvalue weighted by Gasteiger charge is 2.49. The zero-order valence-electron chi connectivity index (χ0n) is 16.4. The first kappa shape index (κ1) is 20.3. The quantitative estimate of drug-likeness (QED) is 0.552. The van der Waals surface area contributed by atoms with E-state index in [-0.39, 0.29) is 24.7 Å². The average molecular weight is 415 g/mol. The van der Waals surface area contributed by atoms with Gasteiger partial charge in [-0.05, 0) is 37.0 Å². The number of methoxy groups -OCH3 is 1. The lowest BCUT2D eigenvalue weighted by atomic mass is 9.89. The molecule has 0 saturated carbocycles. The minimum atomic E-state index is -3.65. The van der Waals surface area contributed by atoms with Crippen molar-refractivity contribution in [3.63, 3.8) is 0 Å². The van der Waals surface area contributed by atoms with Gasteiger partial charge in [0.15, 0.2) is 0 Å². The Hall–Kier alpha value is -1.98. The van der Waals surface area contributed by atoms with E-state index >= 15 is 0 Å². The first-order valence-corrected chi connectivity index (χ1v) is 11.5. The van der Waals surface area contributed by atoms with Gasteiger partial charge in [0.1, 0.15) is 0 Å². The molecule has 154 valence electrons. The van der Waals surface area contributed by atoms with Gasteiger partial charge in [-0.25, -0.2) is 0 Å². The van der Waals surface area contributed by atoms with Crippen LogP contribution in [0.3, 0.4) is 0 Å². The number of esters is 1. The first-order chi connectivity index (χ1) is 14.1. The standard InChI is InChI=1S/C22H26NO5P/c1-26-22(24)21-19-13-12-17(23-19)14-20(21)28-29(25,18-10-6-3-7-11-18)27-15-16-8-4-2-5-9-16/h2-11,17,19-21,23H,12-15H2,1H3/t17-,19+,20-,21+,29?/m0/s1. The number of hydrogen-bond acceptors (Lipinski definition) is 6. The van der Waals surface area contributed by atoms with Crippen molar-refractivity contribution in [3.05, 3.63) is 66.2 Å². The molecule has 2 aliphatic heterocycles. The first-order valence-electron chi connectivity index (χ1n) is 9.95. The molecule has 2 aromatic rings. The van der Waals surface area contributed by atoms with Gasteiger partial charge in [0, 0.05) is 12.1 Å². The van der Waals surface area contributed by atoms with E-state index in [2.05, 4.69) is 5.32 Å². The second-order valence-corrected chi connectivity index (χ2v) is 9.55. The van der Waals surface area contributed by atoms with Crippen LogP contribution in [0.4, 0.5) is 0 Å². The van der Waals surface area contributed by atoms with E-state index in [1.807, 2.05) is 36.4 Å². The molecule has 6 nitrogen and oxygen atoms in total. The number of benzene rings is 2. The number of piperidine rings is 1. The number of carbonyl (C=O) groups excluding carboxylic acids is 1. The SMILES string of the molecule is COC(=O)[C@H]1[C@@H](OP(=O)(OCc2ccccc2)c2ccccc2)C[C@@H]2CC[C@H]1N2. The minimum Gasteiger partial charge on any atom is -0.469 e. The fourth-order valence-electron chi connectivity index (χ4n) is 4.25. The number of rotatable bonds is 7. The van der Waals surface area contributed by atoms with Gasteiger partial charge < -0.3 is 19.1 Å². The average Bonchev–Trinajstić information content (AvgIpc) is 3.14. The van der Waals surface area contributed by atoms with E-state index < -0.39 is 19.6 Å². The molecule has 5 atom stereocenters. The van der Waals surface area contributed by atoms with Gasteiger partial charge in [-0.3, -0.25) is 9.36 Å². The molecule has 2 fully saturated rings. The van der Waals surface area contributed by atoms with Gasteiger partial charge >= 0.3 is 13.6 Å². The maximum Gasteiger partial charge on any atom is 0.361 e. The molecule has 2 heterocycles. The van der Waals surface area contributed by atoms with E-state index in [0.29, 0.717) is 11.7 Å². The lowest BCUT2D eigenvalue weighted by Crippen LogP contribution is -2.52. The van der Waals surface area contributed by atoms with Crippen molar-refractivity contribution in [3.8, 4) is 0 Å². The largest absolute Gasteiger partial charge is 0.469 e. The van der Waals surface area contributed by atoms with Crippen LogP contribution < -0.4 is 10.6 Å². The van der Waals surface area contributed by atoms with Gasteiger partial charge in [-0.1, -0.05) is 48.5 Å². The summed E-state index contributed by atoms with van der Waals surface area (Å²) >= 11 is 0. The lowest BCUT2D eigenvalue weighted by Gasteiger charge is -2.37. The van der Waals surface area contributed by atoms with Crippen molar-refractivity contribution < 1.29 is 23.1 Å². The summed E-state index contributed by atoms with van der Waals surface area (Å²) in [6.45, 7) is 0.160. The Morgan fingerprint density at radius 2 is 1.76 bits per heavy atom. The van der Waals surface area contributed by atoms with Crippen LogP contribution in [0.5, 0.6) is 0 Å². The molecule has 2 aliphatic rings. The van der Waals surface area contributed by atoms with E-state index in [0.717, 1.165) is 18.4 Å². The molecule has 0 amide bonds. The summed E-state index contributed by atoms with van der Waals surface area (Å²) in [5.41, 5.74) is 0.905. The summed E-state index contributed by atoms with van der Waals surface area (Å²) in [4.78, 5) is 12.5. The summed E-state index contributed by atoms with van der Waals surface area (Å²) in [5.74, 6) is -0.841. The molecule has 1 unspecified atom stereocenters. The predicted octanol–water partition coefficient (Wildman–Crippen LogP) is 3.42. The molecule has 0 radical (unpaired) electrons. The van der Waals surface area contributed by atoms with Crippen LogP contribution >= 0.6 is 7.60 Å². The zero-order chi connectivity index (χ0) is 20.3. The predicted molar refractivity (Wildman–Crippen MR) is 110 cm³/mol. The summed E-state index contributed by atoms with van der Waals surface area (Å²) in [7, 11) is -2.28. The second kappa shape index (κ2) is 8.80. The zero-order valence-corrected chi connectivity index (χ0v) is 17.3. The highest BCUT2D eigenvalue weighted by atomic mass is 31.2. The molecule has 29 heavy (non-hydrogen) atoms. The van der Waals surface area contributed by atoms with Crippen molar-refractivity contribution in [1.29, 1.82) is 0 Å². The summed E-state index contributed by atoms with van der Waals surface area (Å²) < 4.78 is 31.1. The van der Waals surface area contributed by atoms with Crippen LogP contribution in [0, 0.1) is 5.92 Å². The highest BCUT2D eigenvalue weighted by Crippen LogP contribution is 2.52. The number of nitrogens with one attached hydrogen (secondary N) is 1. The van der Waals surface area contributed by atoms with Crippen LogP contribution in [0.2, 0.25) is 0 Å². The third-order valence-electron chi connectivity index (χ3n) is 5.69.